The Hall–Kier alpha value is -1.13. The Morgan fingerprint density at radius 3 is 2.56 bits per heavy atom. The quantitative estimate of drug-likeness (QED) is 0.747. The molecule has 1 aromatic carbocycles. The van der Waals surface area contributed by atoms with Crippen molar-refractivity contribution in [3.63, 3.8) is 0 Å². The van der Waals surface area contributed by atoms with Crippen LogP contribution < -0.4 is 0 Å². The third-order valence-corrected chi connectivity index (χ3v) is 3.77. The first kappa shape index (κ1) is 11.4. The Balaban J connectivity index is 2.46. The van der Waals surface area contributed by atoms with E-state index in [0.29, 0.717) is 4.90 Å². The number of halogens is 1. The van der Waals surface area contributed by atoms with E-state index in [1.54, 1.807) is 23.5 Å². The molecule has 0 saturated carbocycles. The molecule has 82 valence electrons. The zero-order valence-corrected chi connectivity index (χ0v) is 10.2. The van der Waals surface area contributed by atoms with Crippen LogP contribution in [0.4, 0.5) is 3.89 Å². The van der Waals surface area contributed by atoms with Crippen LogP contribution in [0.2, 0.25) is 0 Å². The van der Waals surface area contributed by atoms with Crippen LogP contribution in [0.25, 0.3) is 11.1 Å². The largest absolute Gasteiger partial charge is 0.298 e. The molecule has 0 aliphatic carbocycles. The lowest BCUT2D eigenvalue weighted by molar-refractivity contribution is 0.112. The van der Waals surface area contributed by atoms with E-state index in [9.17, 15) is 8.68 Å². The highest BCUT2D eigenvalue weighted by atomic mass is 32.2. The van der Waals surface area contributed by atoms with Gasteiger partial charge in [0, 0.05) is 20.9 Å². The van der Waals surface area contributed by atoms with Crippen molar-refractivity contribution in [1.82, 2.24) is 0 Å². The summed E-state index contributed by atoms with van der Waals surface area (Å²) in [5.74, 6) is 0. The van der Waals surface area contributed by atoms with Gasteiger partial charge in [-0.2, -0.15) is 3.89 Å². The second-order valence-electron chi connectivity index (χ2n) is 3.34. The van der Waals surface area contributed by atoms with Crippen molar-refractivity contribution in [3.05, 3.63) is 40.1 Å². The molecule has 0 aliphatic rings. The maximum absolute atomic E-state index is 12.3. The Morgan fingerprint density at radius 2 is 2.00 bits per heavy atom. The molecule has 2 rings (SSSR count). The minimum absolute atomic E-state index is 0.221. The normalized spacial score (nSPS) is 10.4. The van der Waals surface area contributed by atoms with Gasteiger partial charge in [0.1, 0.15) is 0 Å². The van der Waals surface area contributed by atoms with Crippen LogP contribution in [-0.2, 0) is 0 Å². The van der Waals surface area contributed by atoms with E-state index in [2.05, 4.69) is 0 Å². The van der Waals surface area contributed by atoms with Gasteiger partial charge in [-0.1, -0.05) is 12.1 Å². The monoisotopic (exact) mass is 252 g/mol. The van der Waals surface area contributed by atoms with Crippen LogP contribution in [0.3, 0.4) is 0 Å². The fraction of sp³-hybridized carbons (Fsp3) is 0.0833. The third-order valence-electron chi connectivity index (χ3n) is 2.40. The van der Waals surface area contributed by atoms with E-state index in [0.717, 1.165) is 27.9 Å². The molecule has 0 radical (unpaired) electrons. The van der Waals surface area contributed by atoms with Gasteiger partial charge in [-0.25, -0.2) is 0 Å². The average Bonchev–Trinajstić information content (AvgIpc) is 2.70. The average molecular weight is 252 g/mol. The van der Waals surface area contributed by atoms with Gasteiger partial charge >= 0.3 is 0 Å². The summed E-state index contributed by atoms with van der Waals surface area (Å²) in [4.78, 5) is 12.5. The van der Waals surface area contributed by atoms with Gasteiger partial charge in [0.2, 0.25) is 0 Å². The van der Waals surface area contributed by atoms with Crippen LogP contribution in [0.5, 0.6) is 0 Å². The van der Waals surface area contributed by atoms with Gasteiger partial charge < -0.3 is 0 Å². The SMILES string of the molecule is Cc1scc(-c2ccc(SF)cc2)c1C=O. The first-order chi connectivity index (χ1) is 7.76. The molecular formula is C12H9FOS2. The minimum atomic E-state index is 0.221. The van der Waals surface area contributed by atoms with E-state index in [4.69, 9.17) is 0 Å². The van der Waals surface area contributed by atoms with E-state index in [1.807, 2.05) is 24.4 Å². The predicted octanol–water partition coefficient (Wildman–Crippen LogP) is 4.51. The number of rotatable bonds is 3. The molecule has 0 bridgehead atoms. The van der Waals surface area contributed by atoms with Gasteiger partial charge in [0.15, 0.2) is 6.29 Å². The second-order valence-corrected chi connectivity index (χ2v) is 5.05. The third kappa shape index (κ3) is 2.03. The Bertz CT molecular complexity index is 502. The van der Waals surface area contributed by atoms with E-state index < -0.39 is 0 Å². The summed E-state index contributed by atoms with van der Waals surface area (Å²) in [6.45, 7) is 1.92. The summed E-state index contributed by atoms with van der Waals surface area (Å²) in [6, 6.07) is 7.08. The van der Waals surface area contributed by atoms with Crippen LogP contribution in [-0.4, -0.2) is 6.29 Å². The van der Waals surface area contributed by atoms with Gasteiger partial charge in [-0.15, -0.1) is 11.3 Å². The van der Waals surface area contributed by atoms with Crippen LogP contribution in [0.1, 0.15) is 15.2 Å². The van der Waals surface area contributed by atoms with Crippen LogP contribution >= 0.6 is 23.5 Å². The van der Waals surface area contributed by atoms with Gasteiger partial charge in [0.25, 0.3) is 0 Å². The van der Waals surface area contributed by atoms with Crippen molar-refractivity contribution in [2.75, 3.05) is 0 Å². The van der Waals surface area contributed by atoms with Crippen molar-refractivity contribution >= 4 is 29.8 Å². The summed E-state index contributed by atoms with van der Waals surface area (Å²) >= 11 is 1.77. The zero-order chi connectivity index (χ0) is 11.5. The highest BCUT2D eigenvalue weighted by Gasteiger charge is 2.09. The van der Waals surface area contributed by atoms with E-state index in [1.165, 1.54) is 0 Å². The molecule has 0 amide bonds. The molecule has 0 spiro atoms. The first-order valence-electron chi connectivity index (χ1n) is 4.68. The minimum Gasteiger partial charge on any atom is -0.298 e. The van der Waals surface area contributed by atoms with Crippen molar-refractivity contribution < 1.29 is 8.68 Å². The first-order valence-corrected chi connectivity index (χ1v) is 6.28. The number of aldehydes is 1. The topological polar surface area (TPSA) is 17.1 Å². The summed E-state index contributed by atoms with van der Waals surface area (Å²) in [7, 11) is 0. The molecule has 1 heterocycles. The number of aryl methyl sites for hydroxylation is 1. The van der Waals surface area contributed by atoms with E-state index in [-0.39, 0.29) is 12.1 Å². The Kier molecular flexibility index (Phi) is 3.41. The van der Waals surface area contributed by atoms with Crippen LogP contribution in [0, 0.1) is 6.92 Å². The number of carbonyl (C=O) groups excluding carboxylic acids is 1. The lowest BCUT2D eigenvalue weighted by Gasteiger charge is -2.00. The predicted molar refractivity (Wildman–Crippen MR) is 66.8 cm³/mol. The highest BCUT2D eigenvalue weighted by molar-refractivity contribution is 7.94. The highest BCUT2D eigenvalue weighted by Crippen LogP contribution is 2.31. The maximum atomic E-state index is 12.3. The number of thiophene rings is 1. The summed E-state index contributed by atoms with van der Waals surface area (Å²) in [5.41, 5.74) is 2.60. The molecule has 0 aliphatic heterocycles. The van der Waals surface area contributed by atoms with E-state index >= 15 is 0 Å². The molecule has 0 fully saturated rings. The Morgan fingerprint density at radius 1 is 1.31 bits per heavy atom. The summed E-state index contributed by atoms with van der Waals surface area (Å²) in [6.07, 6.45) is 0.874. The summed E-state index contributed by atoms with van der Waals surface area (Å²) < 4.78 is 12.3. The molecule has 16 heavy (non-hydrogen) atoms. The number of hydrogen-bond donors (Lipinski definition) is 0. The molecule has 1 nitrogen and oxygen atoms in total. The molecule has 2 aromatic rings. The smallest absolute Gasteiger partial charge is 0.151 e. The van der Waals surface area contributed by atoms with Gasteiger partial charge in [-0.05, 0) is 30.0 Å². The maximum Gasteiger partial charge on any atom is 0.151 e. The molecule has 0 atom stereocenters. The van der Waals surface area contributed by atoms with Crippen molar-refractivity contribution in [2.24, 2.45) is 0 Å². The number of benzene rings is 1. The lowest BCUT2D eigenvalue weighted by Crippen LogP contribution is -1.84. The molecule has 4 heteroatoms. The van der Waals surface area contributed by atoms with Gasteiger partial charge in [0.05, 0.1) is 12.1 Å². The molecular weight excluding hydrogens is 243 g/mol. The fourth-order valence-electron chi connectivity index (χ4n) is 1.52. The van der Waals surface area contributed by atoms with Crippen molar-refractivity contribution in [1.29, 1.82) is 0 Å². The van der Waals surface area contributed by atoms with Crippen LogP contribution in [0.15, 0.2) is 34.5 Å². The second kappa shape index (κ2) is 4.80. The number of carbonyl (C=O) groups is 1. The standard InChI is InChI=1S/C12H9FOS2/c1-8-11(6-14)12(7-15-8)9-2-4-10(16-13)5-3-9/h2-7H,1H3. The van der Waals surface area contributed by atoms with Gasteiger partial charge in [-0.3, -0.25) is 4.79 Å². The number of hydrogen-bond acceptors (Lipinski definition) is 3. The molecule has 0 unspecified atom stereocenters. The molecule has 0 saturated heterocycles. The van der Waals surface area contributed by atoms with Crippen molar-refractivity contribution in [2.45, 2.75) is 11.8 Å². The summed E-state index contributed by atoms with van der Waals surface area (Å²) in [5, 5.41) is 1.96. The Labute approximate surface area is 102 Å². The molecule has 1 aromatic heterocycles. The lowest BCUT2D eigenvalue weighted by atomic mass is 10.0. The van der Waals surface area contributed by atoms with Crippen molar-refractivity contribution in [3.8, 4) is 11.1 Å². The fourth-order valence-corrected chi connectivity index (χ4v) is 2.60. The zero-order valence-electron chi connectivity index (χ0n) is 8.57. The molecule has 0 N–H and O–H groups in total.